The molecule has 1 heterocycles. The van der Waals surface area contributed by atoms with E-state index in [1.54, 1.807) is 18.2 Å². The van der Waals surface area contributed by atoms with E-state index in [1.807, 2.05) is 31.2 Å². The minimum atomic E-state index is -3.61. The number of piperazine rings is 1. The maximum absolute atomic E-state index is 12.8. The Bertz CT molecular complexity index is 941. The van der Waals surface area contributed by atoms with Gasteiger partial charge in [-0.2, -0.15) is 4.31 Å². The summed E-state index contributed by atoms with van der Waals surface area (Å²) in [5.41, 5.74) is 2.25. The van der Waals surface area contributed by atoms with E-state index >= 15 is 0 Å². The zero-order chi connectivity index (χ0) is 20.1. The number of nitrogens with zero attached hydrogens (tertiary/aromatic N) is 1. The van der Waals surface area contributed by atoms with Crippen molar-refractivity contribution in [2.45, 2.75) is 18.4 Å². The molecule has 3 rings (SSSR count). The summed E-state index contributed by atoms with van der Waals surface area (Å²) in [6.07, 6.45) is 0. The van der Waals surface area contributed by atoms with Crippen molar-refractivity contribution in [2.24, 2.45) is 0 Å². The summed E-state index contributed by atoms with van der Waals surface area (Å²) in [5.74, 6) is -0.0272. The lowest BCUT2D eigenvalue weighted by atomic mass is 10.1. The molecule has 150 valence electrons. The van der Waals surface area contributed by atoms with E-state index in [1.165, 1.54) is 10.4 Å². The summed E-state index contributed by atoms with van der Waals surface area (Å²) < 4.78 is 27.0. The molecule has 8 heteroatoms. The van der Waals surface area contributed by atoms with Crippen LogP contribution in [0.1, 0.15) is 11.1 Å². The lowest BCUT2D eigenvalue weighted by molar-refractivity contribution is -0.895. The van der Waals surface area contributed by atoms with Crippen LogP contribution in [-0.4, -0.2) is 51.4 Å². The number of carbonyl (C=O) groups is 1. The second kappa shape index (κ2) is 9.05. The summed E-state index contributed by atoms with van der Waals surface area (Å²) in [6, 6.07) is 14.4. The minimum absolute atomic E-state index is 0.0272. The van der Waals surface area contributed by atoms with Gasteiger partial charge in [-0.15, -0.1) is 0 Å². The molecular formula is C20H25ClN3O3S+. The summed E-state index contributed by atoms with van der Waals surface area (Å²) in [5, 5.41) is 3.18. The number of aryl methyl sites for hydroxylation is 1. The molecule has 1 aliphatic rings. The van der Waals surface area contributed by atoms with Gasteiger partial charge in [0, 0.05) is 6.54 Å². The molecule has 2 aromatic rings. The third-order valence-corrected chi connectivity index (χ3v) is 7.43. The van der Waals surface area contributed by atoms with Crippen LogP contribution in [-0.2, 0) is 21.4 Å². The first kappa shape index (κ1) is 20.8. The van der Waals surface area contributed by atoms with Crippen molar-refractivity contribution in [3.05, 3.63) is 64.7 Å². The smallest absolute Gasteiger partial charge is 0.275 e. The molecule has 0 spiro atoms. The normalized spacial score (nSPS) is 16.1. The lowest BCUT2D eigenvalue weighted by Crippen LogP contribution is -3.15. The molecule has 1 amide bonds. The van der Waals surface area contributed by atoms with Crippen LogP contribution in [0.25, 0.3) is 0 Å². The molecule has 0 aromatic heterocycles. The molecule has 1 saturated heterocycles. The summed E-state index contributed by atoms with van der Waals surface area (Å²) in [6.45, 7) is 4.77. The van der Waals surface area contributed by atoms with Crippen molar-refractivity contribution in [3.63, 3.8) is 0 Å². The molecule has 0 bridgehead atoms. The Balaban J connectivity index is 1.51. The van der Waals surface area contributed by atoms with Gasteiger partial charge in [0.2, 0.25) is 10.0 Å². The number of hydrogen-bond acceptors (Lipinski definition) is 3. The fourth-order valence-corrected chi connectivity index (χ4v) is 5.24. The monoisotopic (exact) mass is 422 g/mol. The lowest BCUT2D eigenvalue weighted by Gasteiger charge is -2.31. The van der Waals surface area contributed by atoms with Gasteiger partial charge in [-0.1, -0.05) is 48.0 Å². The molecule has 2 aromatic carbocycles. The molecular weight excluding hydrogens is 398 g/mol. The molecule has 2 N–H and O–H groups in total. The highest BCUT2D eigenvalue weighted by Crippen LogP contribution is 2.23. The van der Waals surface area contributed by atoms with Crippen LogP contribution < -0.4 is 10.2 Å². The number of nitrogens with one attached hydrogen (secondary N) is 2. The molecule has 0 radical (unpaired) electrons. The SMILES string of the molecule is Cc1ccccc1CNC(=O)C[NH+]1CCN(S(=O)(=O)c2ccccc2Cl)CC1. The zero-order valence-electron chi connectivity index (χ0n) is 15.8. The maximum atomic E-state index is 12.8. The fraction of sp³-hybridized carbons (Fsp3) is 0.350. The third-order valence-electron chi connectivity index (χ3n) is 5.03. The first-order chi connectivity index (χ1) is 13.4. The van der Waals surface area contributed by atoms with Crippen LogP contribution in [0.15, 0.2) is 53.4 Å². The Labute approximate surface area is 171 Å². The second-order valence-corrected chi connectivity index (χ2v) is 9.28. The maximum Gasteiger partial charge on any atom is 0.275 e. The molecule has 0 atom stereocenters. The Kier molecular flexibility index (Phi) is 6.72. The Hall–Kier alpha value is -1.93. The number of sulfonamides is 1. The highest BCUT2D eigenvalue weighted by Gasteiger charge is 2.32. The van der Waals surface area contributed by atoms with Gasteiger partial charge in [-0.05, 0) is 30.2 Å². The van der Waals surface area contributed by atoms with Gasteiger partial charge < -0.3 is 10.2 Å². The zero-order valence-corrected chi connectivity index (χ0v) is 17.4. The summed E-state index contributed by atoms with van der Waals surface area (Å²) in [7, 11) is -3.61. The standard InChI is InChI=1S/C20H24ClN3O3S/c1-16-6-2-3-7-17(16)14-22-20(25)15-23-10-12-24(13-11-23)28(26,27)19-9-5-4-8-18(19)21/h2-9H,10-15H2,1H3,(H,22,25)/p+1. The van der Waals surface area contributed by atoms with E-state index in [-0.39, 0.29) is 15.8 Å². The van der Waals surface area contributed by atoms with Gasteiger partial charge in [-0.25, -0.2) is 8.42 Å². The van der Waals surface area contributed by atoms with Crippen LogP contribution in [0, 0.1) is 6.92 Å². The number of quaternary nitrogens is 1. The molecule has 0 saturated carbocycles. The number of carbonyl (C=O) groups excluding carboxylic acids is 1. The van der Waals surface area contributed by atoms with Crippen LogP contribution in [0.4, 0.5) is 0 Å². The molecule has 28 heavy (non-hydrogen) atoms. The molecule has 1 fully saturated rings. The topological polar surface area (TPSA) is 70.9 Å². The number of hydrogen-bond donors (Lipinski definition) is 2. The minimum Gasteiger partial charge on any atom is -0.347 e. The third kappa shape index (κ3) is 4.91. The summed E-state index contributed by atoms with van der Waals surface area (Å²) >= 11 is 6.06. The van der Waals surface area contributed by atoms with Crippen LogP contribution >= 0.6 is 11.6 Å². The van der Waals surface area contributed by atoms with Crippen molar-refractivity contribution in [1.82, 2.24) is 9.62 Å². The molecule has 0 aliphatic carbocycles. The number of halogens is 1. The molecule has 6 nitrogen and oxygen atoms in total. The Morgan fingerprint density at radius 1 is 1.11 bits per heavy atom. The van der Waals surface area contributed by atoms with E-state index in [4.69, 9.17) is 11.6 Å². The van der Waals surface area contributed by atoms with Gasteiger partial charge in [0.1, 0.15) is 4.90 Å². The van der Waals surface area contributed by atoms with Crippen molar-refractivity contribution >= 4 is 27.5 Å². The van der Waals surface area contributed by atoms with Crippen LogP contribution in [0.5, 0.6) is 0 Å². The van der Waals surface area contributed by atoms with E-state index < -0.39 is 10.0 Å². The van der Waals surface area contributed by atoms with Gasteiger partial charge in [0.05, 0.1) is 31.2 Å². The van der Waals surface area contributed by atoms with Crippen molar-refractivity contribution in [3.8, 4) is 0 Å². The van der Waals surface area contributed by atoms with Crippen LogP contribution in [0.2, 0.25) is 5.02 Å². The van der Waals surface area contributed by atoms with Gasteiger partial charge in [-0.3, -0.25) is 4.79 Å². The van der Waals surface area contributed by atoms with Crippen molar-refractivity contribution < 1.29 is 18.1 Å². The Morgan fingerprint density at radius 2 is 1.75 bits per heavy atom. The predicted octanol–water partition coefficient (Wildman–Crippen LogP) is 0.854. The Morgan fingerprint density at radius 3 is 2.43 bits per heavy atom. The molecule has 1 aliphatic heterocycles. The highest BCUT2D eigenvalue weighted by atomic mass is 35.5. The van der Waals surface area contributed by atoms with Crippen molar-refractivity contribution in [1.29, 1.82) is 0 Å². The average Bonchev–Trinajstić information content (AvgIpc) is 2.68. The second-order valence-electron chi connectivity index (χ2n) is 6.96. The number of benzene rings is 2. The quantitative estimate of drug-likeness (QED) is 0.725. The molecule has 0 unspecified atom stereocenters. The number of amides is 1. The summed E-state index contributed by atoms with van der Waals surface area (Å²) in [4.78, 5) is 13.5. The first-order valence-corrected chi connectivity index (χ1v) is 11.1. The van der Waals surface area contributed by atoms with Gasteiger partial charge >= 0.3 is 0 Å². The van der Waals surface area contributed by atoms with E-state index in [9.17, 15) is 13.2 Å². The number of rotatable bonds is 6. The van der Waals surface area contributed by atoms with Crippen molar-refractivity contribution in [2.75, 3.05) is 32.7 Å². The first-order valence-electron chi connectivity index (χ1n) is 9.27. The fourth-order valence-electron chi connectivity index (χ4n) is 3.30. The van der Waals surface area contributed by atoms with Gasteiger partial charge in [0.25, 0.3) is 5.91 Å². The van der Waals surface area contributed by atoms with Crippen LogP contribution in [0.3, 0.4) is 0 Å². The van der Waals surface area contributed by atoms with Gasteiger partial charge in [0.15, 0.2) is 6.54 Å². The average molecular weight is 423 g/mol. The van der Waals surface area contributed by atoms with E-state index in [0.717, 1.165) is 16.0 Å². The predicted molar refractivity (Wildman–Crippen MR) is 109 cm³/mol. The highest BCUT2D eigenvalue weighted by molar-refractivity contribution is 7.89. The van der Waals surface area contributed by atoms with E-state index in [2.05, 4.69) is 5.32 Å². The van der Waals surface area contributed by atoms with E-state index in [0.29, 0.717) is 39.3 Å². The largest absolute Gasteiger partial charge is 0.347 e.